The number of rotatable bonds is 6. The predicted octanol–water partition coefficient (Wildman–Crippen LogP) is 3.98. The minimum atomic E-state index is -0.687. The summed E-state index contributed by atoms with van der Waals surface area (Å²) in [6, 6.07) is 3.39. The van der Waals surface area contributed by atoms with Gasteiger partial charge in [-0.1, -0.05) is 0 Å². The number of anilines is 1. The number of ether oxygens (including phenoxy) is 1. The molecule has 194 valence electrons. The fourth-order valence-corrected chi connectivity index (χ4v) is 5.09. The van der Waals surface area contributed by atoms with Gasteiger partial charge in [0.05, 0.1) is 24.1 Å². The van der Waals surface area contributed by atoms with Crippen LogP contribution >= 0.6 is 0 Å². The smallest absolute Gasteiger partial charge is 0.219 e. The van der Waals surface area contributed by atoms with Crippen LogP contribution in [-0.4, -0.2) is 56.3 Å². The molecular weight excluding hydrogens is 478 g/mol. The van der Waals surface area contributed by atoms with Gasteiger partial charge in [-0.3, -0.25) is 9.48 Å². The van der Waals surface area contributed by atoms with Crippen LogP contribution in [0.15, 0.2) is 30.6 Å². The number of carbonyl (C=O) groups is 1. The van der Waals surface area contributed by atoms with Crippen LogP contribution in [-0.2, 0) is 24.3 Å². The van der Waals surface area contributed by atoms with Crippen LogP contribution in [0.3, 0.4) is 0 Å². The number of hydrogen-bond acceptors (Lipinski definition) is 6. The molecule has 2 fully saturated rings. The van der Waals surface area contributed by atoms with E-state index >= 15 is 0 Å². The first-order chi connectivity index (χ1) is 17.9. The Hall–Kier alpha value is -3.56. The minimum absolute atomic E-state index is 0.0370. The summed E-state index contributed by atoms with van der Waals surface area (Å²) in [7, 11) is 0. The van der Waals surface area contributed by atoms with Crippen molar-refractivity contribution in [1.82, 2.24) is 24.6 Å². The van der Waals surface area contributed by atoms with Crippen molar-refractivity contribution in [2.24, 2.45) is 5.92 Å². The highest BCUT2D eigenvalue weighted by Crippen LogP contribution is 2.34. The average Bonchev–Trinajstić information content (AvgIpc) is 3.59. The molecule has 8 nitrogen and oxygen atoms in total. The van der Waals surface area contributed by atoms with Crippen LogP contribution in [0.2, 0.25) is 0 Å². The van der Waals surface area contributed by atoms with Gasteiger partial charge in [-0.05, 0) is 30.9 Å². The van der Waals surface area contributed by atoms with E-state index in [9.17, 15) is 13.6 Å². The van der Waals surface area contributed by atoms with Gasteiger partial charge in [0.1, 0.15) is 17.6 Å². The summed E-state index contributed by atoms with van der Waals surface area (Å²) in [4.78, 5) is 26.1. The topological polar surface area (TPSA) is 76.4 Å². The van der Waals surface area contributed by atoms with Crippen molar-refractivity contribution in [3.63, 3.8) is 0 Å². The summed E-state index contributed by atoms with van der Waals surface area (Å²) >= 11 is 0. The van der Waals surface area contributed by atoms with Gasteiger partial charge in [0, 0.05) is 70.2 Å². The lowest BCUT2D eigenvalue weighted by Gasteiger charge is -2.35. The number of fused-ring (bicyclic) bond motifs is 1. The van der Waals surface area contributed by atoms with Crippen molar-refractivity contribution in [3.05, 3.63) is 53.6 Å². The van der Waals surface area contributed by atoms with Crippen molar-refractivity contribution in [2.75, 3.05) is 24.5 Å². The number of aromatic nitrogens is 4. The Morgan fingerprint density at radius 3 is 2.62 bits per heavy atom. The molecule has 2 aliphatic heterocycles. The van der Waals surface area contributed by atoms with Gasteiger partial charge in [0.25, 0.3) is 0 Å². The Morgan fingerprint density at radius 1 is 1.08 bits per heavy atom. The number of piperidine rings is 1. The van der Waals surface area contributed by atoms with Gasteiger partial charge in [-0.15, -0.1) is 0 Å². The van der Waals surface area contributed by atoms with E-state index in [1.807, 2.05) is 17.1 Å². The standard InChI is InChI=1S/C27H30F2N6O2/c1-17(36)34-11-8-23-24(16-34)31-26(19-13-30-35(15-19)14-18-2-3-18)27(32-23)33-9-6-21(7-10-33)37-25-5-4-20(28)12-22(25)29/h4-5,12-13,15,18,21H,2-3,6-11,14,16H2,1H3. The zero-order valence-electron chi connectivity index (χ0n) is 20.9. The maximum absolute atomic E-state index is 14.1. The first-order valence-electron chi connectivity index (χ1n) is 13.0. The van der Waals surface area contributed by atoms with Gasteiger partial charge < -0.3 is 14.5 Å². The van der Waals surface area contributed by atoms with Gasteiger partial charge >= 0.3 is 0 Å². The molecule has 10 heteroatoms. The molecule has 37 heavy (non-hydrogen) atoms. The molecule has 0 unspecified atom stereocenters. The molecule has 3 aromatic rings. The Balaban J connectivity index is 1.25. The summed E-state index contributed by atoms with van der Waals surface area (Å²) in [5, 5.41) is 4.57. The molecule has 0 atom stereocenters. The molecule has 0 bridgehead atoms. The van der Waals surface area contributed by atoms with E-state index in [0.717, 1.165) is 41.1 Å². The molecule has 1 amide bonds. The second-order valence-corrected chi connectivity index (χ2v) is 10.3. The zero-order chi connectivity index (χ0) is 25.5. The SMILES string of the molecule is CC(=O)N1CCc2nc(N3CCC(Oc4ccc(F)cc4F)CC3)c(-c3cnn(CC4CC4)c3)nc2C1. The molecule has 0 spiro atoms. The summed E-state index contributed by atoms with van der Waals surface area (Å²) in [5.74, 6) is 0.323. The number of amides is 1. The minimum Gasteiger partial charge on any atom is -0.487 e. The number of halogens is 2. The summed E-state index contributed by atoms with van der Waals surface area (Å²) < 4.78 is 35.2. The van der Waals surface area contributed by atoms with Crippen molar-refractivity contribution >= 4 is 11.7 Å². The second-order valence-electron chi connectivity index (χ2n) is 10.3. The van der Waals surface area contributed by atoms with Crippen LogP contribution in [0.25, 0.3) is 11.3 Å². The van der Waals surface area contributed by atoms with E-state index in [1.165, 1.54) is 25.0 Å². The van der Waals surface area contributed by atoms with E-state index in [-0.39, 0.29) is 17.8 Å². The van der Waals surface area contributed by atoms with E-state index in [4.69, 9.17) is 14.7 Å². The fraction of sp³-hybridized carbons (Fsp3) is 0.481. The zero-order valence-corrected chi connectivity index (χ0v) is 20.9. The normalized spacial score (nSPS) is 18.1. The average molecular weight is 509 g/mol. The van der Waals surface area contributed by atoms with E-state index < -0.39 is 11.6 Å². The molecule has 0 N–H and O–H groups in total. The van der Waals surface area contributed by atoms with Gasteiger partial charge in [-0.2, -0.15) is 5.10 Å². The second kappa shape index (κ2) is 9.72. The van der Waals surface area contributed by atoms with E-state index in [2.05, 4.69) is 10.00 Å². The molecule has 1 saturated heterocycles. The molecule has 4 heterocycles. The lowest BCUT2D eigenvalue weighted by Crippen LogP contribution is -2.40. The van der Waals surface area contributed by atoms with E-state index in [1.54, 1.807) is 11.8 Å². The number of carbonyl (C=O) groups excluding carboxylic acids is 1. The van der Waals surface area contributed by atoms with Crippen LogP contribution in [0, 0.1) is 17.6 Å². The van der Waals surface area contributed by atoms with Crippen molar-refractivity contribution in [2.45, 2.75) is 58.2 Å². The molecule has 2 aromatic heterocycles. The third-order valence-electron chi connectivity index (χ3n) is 7.41. The van der Waals surface area contributed by atoms with Crippen molar-refractivity contribution in [3.8, 4) is 17.0 Å². The largest absolute Gasteiger partial charge is 0.487 e. The molecule has 1 aliphatic carbocycles. The van der Waals surface area contributed by atoms with Crippen molar-refractivity contribution < 1.29 is 18.3 Å². The summed E-state index contributed by atoms with van der Waals surface area (Å²) in [5.41, 5.74) is 3.45. The highest BCUT2D eigenvalue weighted by Gasteiger charge is 2.29. The lowest BCUT2D eigenvalue weighted by atomic mass is 10.1. The number of nitrogens with zero attached hydrogens (tertiary/aromatic N) is 6. The Labute approximate surface area is 214 Å². The number of hydrogen-bond donors (Lipinski definition) is 0. The highest BCUT2D eigenvalue weighted by molar-refractivity contribution is 5.74. The summed E-state index contributed by atoms with van der Waals surface area (Å²) in [6.45, 7) is 4.93. The lowest BCUT2D eigenvalue weighted by molar-refractivity contribution is -0.129. The molecule has 6 rings (SSSR count). The third-order valence-corrected chi connectivity index (χ3v) is 7.41. The quantitative estimate of drug-likeness (QED) is 0.502. The molecule has 3 aliphatic rings. The first kappa shape index (κ1) is 23.8. The Morgan fingerprint density at radius 2 is 1.89 bits per heavy atom. The molecule has 1 saturated carbocycles. The van der Waals surface area contributed by atoms with Gasteiger partial charge in [0.2, 0.25) is 5.91 Å². The van der Waals surface area contributed by atoms with E-state index in [0.29, 0.717) is 51.4 Å². The number of benzene rings is 1. The molecule has 1 aromatic carbocycles. The first-order valence-corrected chi connectivity index (χ1v) is 13.0. The Bertz CT molecular complexity index is 1320. The fourth-order valence-electron chi connectivity index (χ4n) is 5.09. The summed E-state index contributed by atoms with van der Waals surface area (Å²) in [6.07, 6.45) is 8.23. The van der Waals surface area contributed by atoms with Crippen LogP contribution in [0.1, 0.15) is 44.0 Å². The van der Waals surface area contributed by atoms with Crippen LogP contribution in [0.4, 0.5) is 14.6 Å². The van der Waals surface area contributed by atoms with Gasteiger partial charge in [-0.25, -0.2) is 18.7 Å². The maximum atomic E-state index is 14.1. The Kier molecular flexibility index (Phi) is 6.26. The molecular formula is C27H30F2N6O2. The predicted molar refractivity (Wildman–Crippen MR) is 133 cm³/mol. The molecule has 0 radical (unpaired) electrons. The van der Waals surface area contributed by atoms with Crippen LogP contribution < -0.4 is 9.64 Å². The third kappa shape index (κ3) is 5.14. The van der Waals surface area contributed by atoms with Gasteiger partial charge in [0.15, 0.2) is 17.4 Å². The highest BCUT2D eigenvalue weighted by atomic mass is 19.1. The van der Waals surface area contributed by atoms with Crippen molar-refractivity contribution in [1.29, 1.82) is 0 Å². The monoisotopic (exact) mass is 508 g/mol. The van der Waals surface area contributed by atoms with Crippen LogP contribution in [0.5, 0.6) is 5.75 Å². The maximum Gasteiger partial charge on any atom is 0.219 e.